The molecule has 10 nitrogen and oxygen atoms in total. The molecule has 2 unspecified atom stereocenters. The standard InChI is InChI=1S/C30H39N2O8P/c1-30(2,3)29(37)39-21-40-41(38,20-26(33)32-19-11-17-24(32)28(35)36)25(18-10-14-22-12-6-4-7-13-22)31-27(34)23-15-8-5-9-16-23/h4-9,12-13,15-16,24-25H,10-11,14,17-21H2,1-3H3,(H,31,34)(H,35,36)/t24-,25?,41?/m0/s1. The SMILES string of the molecule is CC(C)(C)C(=O)OCOP(=O)(CC(=O)N1CCC[C@H]1C(=O)O)C(CCCc1ccccc1)NC(=O)c1ccccc1. The Morgan fingerprint density at radius 3 is 2.29 bits per heavy atom. The molecule has 1 aliphatic heterocycles. The fraction of sp³-hybridized carbons (Fsp3) is 0.467. The molecule has 3 rings (SSSR count). The lowest BCUT2D eigenvalue weighted by Crippen LogP contribution is -2.44. The summed E-state index contributed by atoms with van der Waals surface area (Å²) in [6.07, 6.45) is 1.48. The fourth-order valence-electron chi connectivity index (χ4n) is 4.57. The van der Waals surface area contributed by atoms with Gasteiger partial charge in [-0.3, -0.25) is 23.5 Å². The first-order valence-electron chi connectivity index (χ1n) is 13.7. The first-order chi connectivity index (χ1) is 19.4. The molecule has 2 N–H and O–H groups in total. The highest BCUT2D eigenvalue weighted by Crippen LogP contribution is 2.53. The van der Waals surface area contributed by atoms with E-state index in [0.29, 0.717) is 31.2 Å². The number of esters is 1. The van der Waals surface area contributed by atoms with Gasteiger partial charge >= 0.3 is 11.9 Å². The molecule has 0 aromatic heterocycles. The van der Waals surface area contributed by atoms with Gasteiger partial charge in [0.1, 0.15) is 18.0 Å². The molecule has 1 saturated heterocycles. The Bertz CT molecular complexity index is 1250. The van der Waals surface area contributed by atoms with Crippen LogP contribution in [0.2, 0.25) is 0 Å². The Kier molecular flexibility index (Phi) is 11.3. The Balaban J connectivity index is 1.88. The molecule has 1 fully saturated rings. The van der Waals surface area contributed by atoms with Gasteiger partial charge in [-0.05, 0) is 70.6 Å². The Labute approximate surface area is 240 Å². The number of rotatable bonds is 13. The number of carbonyl (C=O) groups excluding carboxylic acids is 3. The smallest absolute Gasteiger partial charge is 0.326 e. The Hall–Kier alpha value is -3.49. The summed E-state index contributed by atoms with van der Waals surface area (Å²) in [5, 5.41) is 12.4. The molecule has 3 atom stereocenters. The monoisotopic (exact) mass is 586 g/mol. The summed E-state index contributed by atoms with van der Waals surface area (Å²) in [4.78, 5) is 51.8. The van der Waals surface area contributed by atoms with Crippen LogP contribution in [-0.4, -0.2) is 65.1 Å². The maximum absolute atomic E-state index is 14.6. The van der Waals surface area contributed by atoms with E-state index in [0.717, 1.165) is 5.56 Å². The molecular formula is C30H39N2O8P. The number of nitrogens with one attached hydrogen (secondary N) is 1. The minimum Gasteiger partial charge on any atom is -0.480 e. The molecule has 0 aliphatic carbocycles. The lowest BCUT2D eigenvalue weighted by atomic mass is 9.98. The van der Waals surface area contributed by atoms with Crippen molar-refractivity contribution in [1.29, 1.82) is 0 Å². The van der Waals surface area contributed by atoms with Crippen molar-refractivity contribution in [3.05, 3.63) is 71.8 Å². The van der Waals surface area contributed by atoms with Crippen molar-refractivity contribution in [1.82, 2.24) is 10.2 Å². The predicted octanol–water partition coefficient (Wildman–Crippen LogP) is 4.68. The normalized spacial score (nSPS) is 17.3. The maximum Gasteiger partial charge on any atom is 0.326 e. The molecule has 222 valence electrons. The highest BCUT2D eigenvalue weighted by Gasteiger charge is 2.42. The number of hydrogen-bond acceptors (Lipinski definition) is 7. The maximum atomic E-state index is 14.6. The van der Waals surface area contributed by atoms with Gasteiger partial charge in [0.2, 0.25) is 13.3 Å². The average Bonchev–Trinajstić information content (AvgIpc) is 3.44. The molecule has 2 amide bonds. The van der Waals surface area contributed by atoms with Gasteiger partial charge in [-0.2, -0.15) is 0 Å². The molecule has 0 radical (unpaired) electrons. The molecule has 11 heteroatoms. The first-order valence-corrected chi connectivity index (χ1v) is 15.6. The van der Waals surface area contributed by atoms with Crippen LogP contribution in [0.25, 0.3) is 0 Å². The van der Waals surface area contributed by atoms with Crippen LogP contribution >= 0.6 is 7.37 Å². The van der Waals surface area contributed by atoms with Crippen LogP contribution in [-0.2, 0) is 34.6 Å². The van der Waals surface area contributed by atoms with Gasteiger partial charge in [0, 0.05) is 12.1 Å². The van der Waals surface area contributed by atoms with Crippen molar-refractivity contribution < 1.29 is 38.1 Å². The van der Waals surface area contributed by atoms with Crippen LogP contribution in [0.15, 0.2) is 60.7 Å². The Morgan fingerprint density at radius 1 is 1.05 bits per heavy atom. The zero-order valence-corrected chi connectivity index (χ0v) is 24.7. The second kappa shape index (κ2) is 14.4. The molecule has 0 spiro atoms. The molecule has 2 aromatic rings. The van der Waals surface area contributed by atoms with Crippen LogP contribution in [0, 0.1) is 5.41 Å². The van der Waals surface area contributed by atoms with E-state index in [1.54, 1.807) is 51.1 Å². The lowest BCUT2D eigenvalue weighted by molar-refractivity contribution is -0.159. The molecule has 1 aliphatic rings. The minimum atomic E-state index is -4.09. The number of carbonyl (C=O) groups is 4. The van der Waals surface area contributed by atoms with Crippen LogP contribution in [0.3, 0.4) is 0 Å². The highest BCUT2D eigenvalue weighted by atomic mass is 31.2. The molecule has 1 heterocycles. The van der Waals surface area contributed by atoms with Crippen molar-refractivity contribution in [3.63, 3.8) is 0 Å². The number of hydrogen-bond donors (Lipinski definition) is 2. The van der Waals surface area contributed by atoms with E-state index < -0.39 is 61.3 Å². The van der Waals surface area contributed by atoms with E-state index in [1.807, 2.05) is 30.3 Å². The van der Waals surface area contributed by atoms with E-state index in [2.05, 4.69) is 5.32 Å². The summed E-state index contributed by atoms with van der Waals surface area (Å²) in [5.74, 6) is -3.97. The number of nitrogens with zero attached hydrogens (tertiary/aromatic N) is 1. The van der Waals surface area contributed by atoms with Crippen molar-refractivity contribution >= 4 is 31.1 Å². The zero-order valence-electron chi connectivity index (χ0n) is 23.8. The number of aryl methyl sites for hydroxylation is 1. The van der Waals surface area contributed by atoms with Gasteiger partial charge in [-0.25, -0.2) is 4.79 Å². The summed E-state index contributed by atoms with van der Waals surface area (Å²) in [5.41, 5.74) is 0.542. The van der Waals surface area contributed by atoms with Gasteiger partial charge in [0.05, 0.1) is 5.41 Å². The second-order valence-corrected chi connectivity index (χ2v) is 13.8. The number of benzene rings is 2. The molecule has 0 bridgehead atoms. The first kappa shape index (κ1) is 32.0. The van der Waals surface area contributed by atoms with E-state index in [4.69, 9.17) is 9.26 Å². The van der Waals surface area contributed by atoms with Crippen molar-refractivity contribution in [3.8, 4) is 0 Å². The average molecular weight is 587 g/mol. The third-order valence-corrected chi connectivity index (χ3v) is 9.47. The fourth-order valence-corrected chi connectivity index (χ4v) is 6.74. The zero-order chi connectivity index (χ0) is 30.0. The molecule has 41 heavy (non-hydrogen) atoms. The van der Waals surface area contributed by atoms with Gasteiger partial charge in [0.15, 0.2) is 6.79 Å². The highest BCUT2D eigenvalue weighted by molar-refractivity contribution is 7.60. The number of carboxylic acid groups (broad SMARTS) is 1. The van der Waals surface area contributed by atoms with Gasteiger partial charge in [0.25, 0.3) is 5.91 Å². The molecule has 0 saturated carbocycles. The summed E-state index contributed by atoms with van der Waals surface area (Å²) in [7, 11) is -4.09. The topological polar surface area (TPSA) is 139 Å². The number of likely N-dealkylation sites (tertiary alicyclic amines) is 1. The number of amides is 2. The van der Waals surface area contributed by atoms with E-state index in [-0.39, 0.29) is 13.0 Å². The predicted molar refractivity (Wildman–Crippen MR) is 153 cm³/mol. The van der Waals surface area contributed by atoms with Crippen LogP contribution < -0.4 is 5.32 Å². The molecular weight excluding hydrogens is 547 g/mol. The van der Waals surface area contributed by atoms with Crippen LogP contribution in [0.1, 0.15) is 62.4 Å². The van der Waals surface area contributed by atoms with Crippen molar-refractivity contribution in [2.45, 2.75) is 64.7 Å². The van der Waals surface area contributed by atoms with Crippen molar-refractivity contribution in [2.75, 3.05) is 19.5 Å². The summed E-state index contributed by atoms with van der Waals surface area (Å²) in [6, 6.07) is 17.0. The van der Waals surface area contributed by atoms with E-state index in [9.17, 15) is 28.8 Å². The van der Waals surface area contributed by atoms with E-state index >= 15 is 0 Å². The molecule has 2 aromatic carbocycles. The van der Waals surface area contributed by atoms with Crippen molar-refractivity contribution in [2.24, 2.45) is 5.41 Å². The van der Waals surface area contributed by atoms with Gasteiger partial charge < -0.3 is 20.1 Å². The quantitative estimate of drug-likeness (QED) is 0.196. The number of ether oxygens (including phenoxy) is 1. The minimum absolute atomic E-state index is 0.202. The Morgan fingerprint density at radius 2 is 1.68 bits per heavy atom. The summed E-state index contributed by atoms with van der Waals surface area (Å²) < 4.78 is 25.5. The van der Waals surface area contributed by atoms with Crippen LogP contribution in [0.5, 0.6) is 0 Å². The largest absolute Gasteiger partial charge is 0.480 e. The third kappa shape index (κ3) is 9.26. The number of aliphatic carboxylic acids is 1. The summed E-state index contributed by atoms with van der Waals surface area (Å²) >= 11 is 0. The van der Waals surface area contributed by atoms with E-state index in [1.165, 1.54) is 4.90 Å². The summed E-state index contributed by atoms with van der Waals surface area (Å²) in [6.45, 7) is 4.50. The third-order valence-electron chi connectivity index (χ3n) is 6.88. The van der Waals surface area contributed by atoms with Crippen LogP contribution in [0.4, 0.5) is 0 Å². The lowest BCUT2D eigenvalue weighted by Gasteiger charge is -2.30. The van der Waals surface area contributed by atoms with Gasteiger partial charge in [-0.1, -0.05) is 48.5 Å². The second-order valence-electron chi connectivity index (χ2n) is 11.1. The number of carboxylic acids is 1. The van der Waals surface area contributed by atoms with Gasteiger partial charge in [-0.15, -0.1) is 0 Å².